The summed E-state index contributed by atoms with van der Waals surface area (Å²) in [7, 11) is 4.92. The molecular formula is C16H26N2O3. The van der Waals surface area contributed by atoms with Gasteiger partial charge in [-0.25, -0.2) is 0 Å². The molecule has 0 bridgehead atoms. The lowest BCUT2D eigenvalue weighted by Gasteiger charge is -2.37. The van der Waals surface area contributed by atoms with Gasteiger partial charge in [-0.15, -0.1) is 0 Å². The summed E-state index contributed by atoms with van der Waals surface area (Å²) in [5.41, 5.74) is 1.11. The maximum atomic E-state index is 5.44. The topological polar surface area (TPSA) is 43.0 Å². The summed E-state index contributed by atoms with van der Waals surface area (Å²) in [5.74, 6) is 2.65. The van der Waals surface area contributed by atoms with Crippen LogP contribution < -0.4 is 24.4 Å². The fourth-order valence-corrected chi connectivity index (χ4v) is 2.71. The number of methoxy groups -OCH3 is 3. The number of nitrogens with zero attached hydrogens (tertiary/aromatic N) is 1. The van der Waals surface area contributed by atoms with Crippen molar-refractivity contribution in [3.05, 3.63) is 12.1 Å². The predicted molar refractivity (Wildman–Crippen MR) is 84.9 cm³/mol. The summed E-state index contributed by atoms with van der Waals surface area (Å²) in [6, 6.07) is 4.53. The molecule has 1 aliphatic rings. The summed E-state index contributed by atoms with van der Waals surface area (Å²) < 4.78 is 16.3. The largest absolute Gasteiger partial charge is 0.493 e. The van der Waals surface area contributed by atoms with Gasteiger partial charge in [-0.05, 0) is 5.92 Å². The molecule has 1 aliphatic heterocycles. The molecule has 1 aromatic rings. The highest BCUT2D eigenvalue weighted by molar-refractivity contribution is 5.63. The Bertz CT molecular complexity index is 452. The number of piperazine rings is 1. The summed E-state index contributed by atoms with van der Waals surface area (Å²) in [6.45, 7) is 7.43. The number of rotatable bonds is 5. The van der Waals surface area contributed by atoms with Crippen LogP contribution in [0.5, 0.6) is 17.2 Å². The van der Waals surface area contributed by atoms with E-state index in [-0.39, 0.29) is 0 Å². The van der Waals surface area contributed by atoms with Gasteiger partial charge < -0.3 is 24.4 Å². The molecule has 2 rings (SSSR count). The molecule has 0 radical (unpaired) electrons. The van der Waals surface area contributed by atoms with Crippen molar-refractivity contribution < 1.29 is 14.2 Å². The SMILES string of the molecule is COc1cc(N2CCNC(C(C)C)C2)cc(OC)c1OC. The van der Waals surface area contributed by atoms with Crippen molar-refractivity contribution in [2.75, 3.05) is 45.9 Å². The van der Waals surface area contributed by atoms with Crippen LogP contribution in [0.1, 0.15) is 13.8 Å². The number of anilines is 1. The average Bonchev–Trinajstić information content (AvgIpc) is 2.53. The zero-order valence-corrected chi connectivity index (χ0v) is 13.6. The van der Waals surface area contributed by atoms with E-state index in [9.17, 15) is 0 Å². The van der Waals surface area contributed by atoms with E-state index < -0.39 is 0 Å². The van der Waals surface area contributed by atoms with Crippen molar-refractivity contribution in [1.29, 1.82) is 0 Å². The molecule has 1 unspecified atom stereocenters. The van der Waals surface area contributed by atoms with Gasteiger partial charge >= 0.3 is 0 Å². The monoisotopic (exact) mass is 294 g/mol. The molecule has 5 nitrogen and oxygen atoms in total. The zero-order valence-electron chi connectivity index (χ0n) is 13.6. The van der Waals surface area contributed by atoms with Gasteiger partial charge in [0.25, 0.3) is 0 Å². The normalized spacial score (nSPS) is 18.8. The second kappa shape index (κ2) is 6.89. The molecule has 5 heteroatoms. The maximum Gasteiger partial charge on any atom is 0.203 e. The van der Waals surface area contributed by atoms with Crippen LogP contribution in [-0.4, -0.2) is 47.0 Å². The molecule has 1 fully saturated rings. The quantitative estimate of drug-likeness (QED) is 0.901. The molecular weight excluding hydrogens is 268 g/mol. The predicted octanol–water partition coefficient (Wildman–Crippen LogP) is 2.15. The molecule has 1 aromatic carbocycles. The summed E-state index contributed by atoms with van der Waals surface area (Å²) in [6.07, 6.45) is 0. The van der Waals surface area contributed by atoms with Crippen LogP contribution in [0.3, 0.4) is 0 Å². The standard InChI is InChI=1S/C16H26N2O3/c1-11(2)13-10-18(7-6-17-13)12-8-14(19-3)16(21-5)15(9-12)20-4/h8-9,11,13,17H,6-7,10H2,1-5H3. The van der Waals surface area contributed by atoms with Gasteiger partial charge in [0, 0.05) is 43.5 Å². The van der Waals surface area contributed by atoms with E-state index in [1.54, 1.807) is 21.3 Å². The molecule has 0 aliphatic carbocycles. The van der Waals surface area contributed by atoms with Crippen LogP contribution in [0.2, 0.25) is 0 Å². The van der Waals surface area contributed by atoms with Crippen molar-refractivity contribution in [3.63, 3.8) is 0 Å². The van der Waals surface area contributed by atoms with Gasteiger partial charge in [0.2, 0.25) is 5.75 Å². The lowest BCUT2D eigenvalue weighted by atomic mass is 10.0. The molecule has 1 atom stereocenters. The van der Waals surface area contributed by atoms with Crippen molar-refractivity contribution in [3.8, 4) is 17.2 Å². The van der Waals surface area contributed by atoms with E-state index in [0.29, 0.717) is 29.2 Å². The molecule has 0 aromatic heterocycles. The lowest BCUT2D eigenvalue weighted by Crippen LogP contribution is -2.53. The van der Waals surface area contributed by atoms with E-state index in [1.807, 2.05) is 12.1 Å². The number of hydrogen-bond donors (Lipinski definition) is 1. The third-order valence-electron chi connectivity index (χ3n) is 4.02. The molecule has 0 spiro atoms. The number of nitrogens with one attached hydrogen (secondary N) is 1. The first-order chi connectivity index (χ1) is 10.1. The highest BCUT2D eigenvalue weighted by Gasteiger charge is 2.24. The molecule has 0 amide bonds. The van der Waals surface area contributed by atoms with Crippen LogP contribution in [0, 0.1) is 5.92 Å². The Balaban J connectivity index is 2.30. The minimum atomic E-state index is 0.498. The van der Waals surface area contributed by atoms with E-state index >= 15 is 0 Å². The highest BCUT2D eigenvalue weighted by atomic mass is 16.5. The lowest BCUT2D eigenvalue weighted by molar-refractivity contribution is 0.323. The second-order valence-electron chi connectivity index (χ2n) is 5.63. The van der Waals surface area contributed by atoms with Crippen molar-refractivity contribution in [2.24, 2.45) is 5.92 Å². The van der Waals surface area contributed by atoms with E-state index in [0.717, 1.165) is 25.3 Å². The number of benzene rings is 1. The smallest absolute Gasteiger partial charge is 0.203 e. The third-order valence-corrected chi connectivity index (χ3v) is 4.02. The minimum absolute atomic E-state index is 0.498. The Morgan fingerprint density at radius 1 is 1.10 bits per heavy atom. The van der Waals surface area contributed by atoms with Gasteiger partial charge in [-0.3, -0.25) is 0 Å². The van der Waals surface area contributed by atoms with Crippen molar-refractivity contribution >= 4 is 5.69 Å². The fourth-order valence-electron chi connectivity index (χ4n) is 2.71. The van der Waals surface area contributed by atoms with Crippen LogP contribution >= 0.6 is 0 Å². The maximum absolute atomic E-state index is 5.44. The van der Waals surface area contributed by atoms with Gasteiger partial charge in [0.1, 0.15) is 0 Å². The van der Waals surface area contributed by atoms with Crippen molar-refractivity contribution in [2.45, 2.75) is 19.9 Å². The zero-order chi connectivity index (χ0) is 15.4. The molecule has 1 saturated heterocycles. The van der Waals surface area contributed by atoms with E-state index in [1.165, 1.54) is 0 Å². The van der Waals surface area contributed by atoms with Crippen LogP contribution in [-0.2, 0) is 0 Å². The Hall–Kier alpha value is -1.62. The molecule has 21 heavy (non-hydrogen) atoms. The van der Waals surface area contributed by atoms with Gasteiger partial charge in [0.05, 0.1) is 21.3 Å². The molecule has 1 heterocycles. The number of ether oxygens (including phenoxy) is 3. The average molecular weight is 294 g/mol. The third kappa shape index (κ3) is 3.35. The van der Waals surface area contributed by atoms with E-state index in [4.69, 9.17) is 14.2 Å². The Labute approximate surface area is 127 Å². The Morgan fingerprint density at radius 3 is 2.19 bits per heavy atom. The number of hydrogen-bond acceptors (Lipinski definition) is 5. The van der Waals surface area contributed by atoms with Crippen LogP contribution in [0.15, 0.2) is 12.1 Å². The first kappa shape index (κ1) is 15.8. The van der Waals surface area contributed by atoms with Gasteiger partial charge in [-0.1, -0.05) is 13.8 Å². The Morgan fingerprint density at radius 2 is 1.71 bits per heavy atom. The summed E-state index contributed by atoms with van der Waals surface area (Å²) >= 11 is 0. The summed E-state index contributed by atoms with van der Waals surface area (Å²) in [5, 5.41) is 3.57. The van der Waals surface area contributed by atoms with Crippen LogP contribution in [0.25, 0.3) is 0 Å². The molecule has 1 N–H and O–H groups in total. The molecule has 0 saturated carbocycles. The Kier molecular flexibility index (Phi) is 5.17. The first-order valence-electron chi connectivity index (χ1n) is 7.39. The van der Waals surface area contributed by atoms with Gasteiger partial charge in [0.15, 0.2) is 11.5 Å². The van der Waals surface area contributed by atoms with E-state index in [2.05, 4.69) is 24.1 Å². The fraction of sp³-hybridized carbons (Fsp3) is 0.625. The highest BCUT2D eigenvalue weighted by Crippen LogP contribution is 2.41. The molecule has 118 valence electrons. The van der Waals surface area contributed by atoms with Gasteiger partial charge in [-0.2, -0.15) is 0 Å². The summed E-state index contributed by atoms with van der Waals surface area (Å²) in [4.78, 5) is 2.37. The second-order valence-corrected chi connectivity index (χ2v) is 5.63. The minimum Gasteiger partial charge on any atom is -0.493 e. The first-order valence-corrected chi connectivity index (χ1v) is 7.39. The van der Waals surface area contributed by atoms with Crippen LogP contribution in [0.4, 0.5) is 5.69 Å². The van der Waals surface area contributed by atoms with Crippen molar-refractivity contribution in [1.82, 2.24) is 5.32 Å².